The van der Waals surface area contributed by atoms with Gasteiger partial charge in [-0.25, -0.2) is 4.98 Å². The first-order chi connectivity index (χ1) is 9.51. The van der Waals surface area contributed by atoms with E-state index in [0.717, 1.165) is 30.3 Å². The van der Waals surface area contributed by atoms with Gasteiger partial charge in [-0.1, -0.05) is 40.0 Å². The Hall–Kier alpha value is -0.640. The van der Waals surface area contributed by atoms with Crippen molar-refractivity contribution in [3.8, 4) is 0 Å². The van der Waals surface area contributed by atoms with Crippen LogP contribution in [0, 0.1) is 11.8 Å². The summed E-state index contributed by atoms with van der Waals surface area (Å²) in [5.74, 6) is 2.63. The van der Waals surface area contributed by atoms with Crippen LogP contribution in [0.3, 0.4) is 0 Å². The predicted octanol–water partition coefficient (Wildman–Crippen LogP) is 4.41. The largest absolute Gasteiger partial charge is 0.309 e. The average molecular weight is 341 g/mol. The molecule has 2 atom stereocenters. The Morgan fingerprint density at radius 3 is 2.80 bits per heavy atom. The van der Waals surface area contributed by atoms with Crippen molar-refractivity contribution in [2.24, 2.45) is 11.8 Å². The minimum Gasteiger partial charge on any atom is -0.309 e. The van der Waals surface area contributed by atoms with Crippen LogP contribution in [0.1, 0.15) is 70.3 Å². The summed E-state index contributed by atoms with van der Waals surface area (Å²) in [6.45, 7) is 6.57. The summed E-state index contributed by atoms with van der Waals surface area (Å²) in [5, 5.41) is 0. The molecule has 3 nitrogen and oxygen atoms in total. The monoisotopic (exact) mass is 340 g/mol. The van der Waals surface area contributed by atoms with Gasteiger partial charge in [0, 0.05) is 5.92 Å². The highest BCUT2D eigenvalue weighted by Gasteiger charge is 2.25. The maximum Gasteiger partial charge on any atom is 0.265 e. The molecule has 1 aliphatic rings. The van der Waals surface area contributed by atoms with Crippen LogP contribution >= 0.6 is 15.9 Å². The van der Waals surface area contributed by atoms with Crippen LogP contribution in [0.5, 0.6) is 0 Å². The Bertz CT molecular complexity index is 510. The first-order valence-electron chi connectivity index (χ1n) is 7.79. The molecule has 0 saturated heterocycles. The first kappa shape index (κ1) is 15.7. The van der Waals surface area contributed by atoms with E-state index in [4.69, 9.17) is 4.98 Å². The lowest BCUT2D eigenvalue weighted by Gasteiger charge is -2.28. The Morgan fingerprint density at radius 1 is 1.40 bits per heavy atom. The lowest BCUT2D eigenvalue weighted by atomic mass is 9.80. The van der Waals surface area contributed by atoms with E-state index in [1.54, 1.807) is 0 Å². The number of H-pyrrole nitrogens is 1. The van der Waals surface area contributed by atoms with E-state index in [9.17, 15) is 4.79 Å². The van der Waals surface area contributed by atoms with Crippen LogP contribution < -0.4 is 5.56 Å². The lowest BCUT2D eigenvalue weighted by Crippen LogP contribution is -2.22. The molecule has 1 N–H and O–H groups in total. The number of hydrogen-bond donors (Lipinski definition) is 1. The van der Waals surface area contributed by atoms with Crippen LogP contribution in [-0.2, 0) is 6.42 Å². The highest BCUT2D eigenvalue weighted by molar-refractivity contribution is 9.10. The van der Waals surface area contributed by atoms with Crippen molar-refractivity contribution in [3.63, 3.8) is 0 Å². The molecule has 0 spiro atoms. The summed E-state index contributed by atoms with van der Waals surface area (Å²) in [6, 6.07) is 0. The molecule has 0 bridgehead atoms. The molecule has 1 aliphatic carbocycles. The topological polar surface area (TPSA) is 45.8 Å². The third kappa shape index (κ3) is 3.72. The molecule has 1 saturated carbocycles. The van der Waals surface area contributed by atoms with Crippen molar-refractivity contribution in [2.75, 3.05) is 0 Å². The Kier molecular flexibility index (Phi) is 5.42. The maximum atomic E-state index is 12.1. The summed E-state index contributed by atoms with van der Waals surface area (Å²) in [7, 11) is 0. The Labute approximate surface area is 129 Å². The molecule has 2 rings (SSSR count). The molecule has 0 aromatic carbocycles. The van der Waals surface area contributed by atoms with E-state index in [1.165, 1.54) is 25.7 Å². The van der Waals surface area contributed by atoms with Crippen LogP contribution in [0.15, 0.2) is 9.27 Å². The highest BCUT2D eigenvalue weighted by atomic mass is 79.9. The SMILES string of the molecule is CCC1CCCC(c2nc(CC(C)C)c(Br)c(=O)[nH]2)C1. The minimum absolute atomic E-state index is 0.0238. The van der Waals surface area contributed by atoms with Gasteiger partial charge in [0.05, 0.1) is 5.69 Å². The Morgan fingerprint density at radius 2 is 2.15 bits per heavy atom. The van der Waals surface area contributed by atoms with Crippen LogP contribution in [0.4, 0.5) is 0 Å². The van der Waals surface area contributed by atoms with Gasteiger partial charge in [-0.15, -0.1) is 0 Å². The van der Waals surface area contributed by atoms with Crippen molar-refractivity contribution in [3.05, 3.63) is 26.3 Å². The highest BCUT2D eigenvalue weighted by Crippen LogP contribution is 2.36. The van der Waals surface area contributed by atoms with Gasteiger partial charge in [-0.2, -0.15) is 0 Å². The first-order valence-corrected chi connectivity index (χ1v) is 8.59. The number of aromatic nitrogens is 2. The van der Waals surface area contributed by atoms with Crippen LogP contribution in [0.25, 0.3) is 0 Å². The van der Waals surface area contributed by atoms with E-state index >= 15 is 0 Å². The van der Waals surface area contributed by atoms with Gasteiger partial charge in [0.25, 0.3) is 5.56 Å². The van der Waals surface area contributed by atoms with Crippen LogP contribution in [0.2, 0.25) is 0 Å². The molecule has 0 radical (unpaired) electrons. The summed E-state index contributed by atoms with van der Waals surface area (Å²) < 4.78 is 0.609. The molecule has 2 unspecified atom stereocenters. The van der Waals surface area contributed by atoms with E-state index in [0.29, 0.717) is 16.3 Å². The van der Waals surface area contributed by atoms with Gasteiger partial charge in [-0.05, 0) is 47.0 Å². The number of halogens is 1. The second-order valence-electron chi connectivity index (χ2n) is 6.45. The molecule has 1 aromatic heterocycles. The average Bonchev–Trinajstić information content (AvgIpc) is 2.43. The standard InChI is InChI=1S/C16H25BrN2O/c1-4-11-6-5-7-12(9-11)15-18-13(8-10(2)3)14(17)16(20)19-15/h10-12H,4-9H2,1-3H3,(H,18,19,20). The quantitative estimate of drug-likeness (QED) is 0.881. The van der Waals surface area contributed by atoms with Crippen molar-refractivity contribution in [2.45, 2.75) is 65.2 Å². The smallest absolute Gasteiger partial charge is 0.265 e. The fourth-order valence-corrected chi connectivity index (χ4v) is 3.50. The maximum absolute atomic E-state index is 12.1. The number of rotatable bonds is 4. The van der Waals surface area contributed by atoms with Gasteiger partial charge < -0.3 is 4.98 Å². The zero-order chi connectivity index (χ0) is 14.7. The zero-order valence-corrected chi connectivity index (χ0v) is 14.3. The number of nitrogens with zero attached hydrogens (tertiary/aromatic N) is 1. The second kappa shape index (κ2) is 6.88. The normalized spacial score (nSPS) is 23.2. The summed E-state index contributed by atoms with van der Waals surface area (Å²) in [4.78, 5) is 19.8. The van der Waals surface area contributed by atoms with Crippen molar-refractivity contribution in [1.29, 1.82) is 0 Å². The van der Waals surface area contributed by atoms with Crippen molar-refractivity contribution in [1.82, 2.24) is 9.97 Å². The summed E-state index contributed by atoms with van der Waals surface area (Å²) in [6.07, 6.45) is 6.98. The third-order valence-corrected chi connectivity index (χ3v) is 5.12. The minimum atomic E-state index is -0.0238. The third-order valence-electron chi connectivity index (χ3n) is 4.30. The van der Waals surface area contributed by atoms with Gasteiger partial charge in [0.15, 0.2) is 0 Å². The molecule has 1 heterocycles. The van der Waals surface area contributed by atoms with Gasteiger partial charge in [-0.3, -0.25) is 4.79 Å². The van der Waals surface area contributed by atoms with E-state index < -0.39 is 0 Å². The zero-order valence-electron chi connectivity index (χ0n) is 12.7. The molecule has 1 aromatic rings. The molecule has 0 amide bonds. The van der Waals surface area contributed by atoms with Gasteiger partial charge in [0.2, 0.25) is 0 Å². The molecular formula is C16H25BrN2O. The molecule has 112 valence electrons. The second-order valence-corrected chi connectivity index (χ2v) is 7.24. The summed E-state index contributed by atoms with van der Waals surface area (Å²) >= 11 is 3.39. The fraction of sp³-hybridized carbons (Fsp3) is 0.750. The van der Waals surface area contributed by atoms with E-state index in [-0.39, 0.29) is 5.56 Å². The lowest BCUT2D eigenvalue weighted by molar-refractivity contribution is 0.306. The molecule has 0 aliphatic heterocycles. The number of aromatic amines is 1. The van der Waals surface area contributed by atoms with Crippen molar-refractivity contribution >= 4 is 15.9 Å². The van der Waals surface area contributed by atoms with Crippen molar-refractivity contribution < 1.29 is 0 Å². The van der Waals surface area contributed by atoms with Gasteiger partial charge in [0.1, 0.15) is 10.3 Å². The van der Waals surface area contributed by atoms with E-state index in [2.05, 4.69) is 41.7 Å². The number of nitrogens with one attached hydrogen (secondary N) is 1. The molecular weight excluding hydrogens is 316 g/mol. The predicted molar refractivity (Wildman–Crippen MR) is 86.1 cm³/mol. The number of hydrogen-bond acceptors (Lipinski definition) is 2. The fourth-order valence-electron chi connectivity index (χ4n) is 3.15. The van der Waals surface area contributed by atoms with E-state index in [1.807, 2.05) is 0 Å². The Balaban J connectivity index is 2.27. The van der Waals surface area contributed by atoms with Crippen LogP contribution in [-0.4, -0.2) is 9.97 Å². The van der Waals surface area contributed by atoms with Gasteiger partial charge >= 0.3 is 0 Å². The molecule has 20 heavy (non-hydrogen) atoms. The molecule has 4 heteroatoms. The molecule has 1 fully saturated rings. The summed E-state index contributed by atoms with van der Waals surface area (Å²) in [5.41, 5.74) is 0.890.